The van der Waals surface area contributed by atoms with Gasteiger partial charge in [-0.05, 0) is 33.1 Å². The van der Waals surface area contributed by atoms with Gasteiger partial charge in [0.1, 0.15) is 17.8 Å². The van der Waals surface area contributed by atoms with Gasteiger partial charge in [-0.1, -0.05) is 32.1 Å². The van der Waals surface area contributed by atoms with Crippen LogP contribution in [0.1, 0.15) is 59.3 Å². The van der Waals surface area contributed by atoms with Crippen molar-refractivity contribution in [3.63, 3.8) is 0 Å². The van der Waals surface area contributed by atoms with E-state index in [0.29, 0.717) is 5.92 Å². The summed E-state index contributed by atoms with van der Waals surface area (Å²) in [5.41, 5.74) is -0.500. The minimum atomic E-state index is -0.500. The molecule has 1 aliphatic carbocycles. The van der Waals surface area contributed by atoms with Gasteiger partial charge >= 0.3 is 6.09 Å². The highest BCUT2D eigenvalue weighted by Crippen LogP contribution is 2.33. The van der Waals surface area contributed by atoms with Crippen molar-refractivity contribution in [1.82, 2.24) is 5.32 Å². The van der Waals surface area contributed by atoms with Crippen LogP contribution in [0.5, 0.6) is 0 Å². The van der Waals surface area contributed by atoms with Crippen molar-refractivity contribution in [3.05, 3.63) is 0 Å². The number of hydrogen-bond acceptors (Lipinski definition) is 4. The second kappa shape index (κ2) is 6.97. The van der Waals surface area contributed by atoms with E-state index in [-0.39, 0.29) is 24.9 Å². The summed E-state index contributed by atoms with van der Waals surface area (Å²) < 4.78 is 10.8. The Morgan fingerprint density at radius 1 is 1.33 bits per heavy atom. The van der Waals surface area contributed by atoms with E-state index in [0.717, 1.165) is 6.42 Å². The van der Waals surface area contributed by atoms with Crippen LogP contribution in [0.25, 0.3) is 0 Å². The second-order valence-corrected chi connectivity index (χ2v) is 7.31. The topological polar surface area (TPSA) is 71.1 Å². The monoisotopic (exact) mass is 299 g/mol. The molecule has 2 aliphatic rings. The molecule has 0 aromatic carbocycles. The Labute approximate surface area is 127 Å². The first-order valence-electron chi connectivity index (χ1n) is 8.15. The minimum Gasteiger partial charge on any atom is -0.444 e. The molecule has 1 aliphatic heterocycles. The Morgan fingerprint density at radius 3 is 2.52 bits per heavy atom. The van der Waals surface area contributed by atoms with Crippen LogP contribution < -0.4 is 5.32 Å². The maximum absolute atomic E-state index is 12.0. The molecule has 0 radical (unpaired) electrons. The number of epoxide rings is 1. The number of ether oxygens (including phenoxy) is 2. The molecule has 0 spiro atoms. The van der Waals surface area contributed by atoms with Crippen LogP contribution in [-0.2, 0) is 9.47 Å². The second-order valence-electron chi connectivity index (χ2n) is 7.31. The summed E-state index contributed by atoms with van der Waals surface area (Å²) >= 11 is 0. The summed E-state index contributed by atoms with van der Waals surface area (Å²) in [6, 6.07) is -0.0555. The molecular formula is C16H29NO4. The molecular weight excluding hydrogens is 270 g/mol. The lowest BCUT2D eigenvalue weighted by molar-refractivity contribution is 0.0484. The van der Waals surface area contributed by atoms with Crippen LogP contribution in [0.3, 0.4) is 0 Å². The van der Waals surface area contributed by atoms with Crippen LogP contribution in [-0.4, -0.2) is 41.7 Å². The quantitative estimate of drug-likeness (QED) is 0.766. The van der Waals surface area contributed by atoms with E-state index in [1.165, 1.54) is 32.1 Å². The number of amides is 1. The van der Waals surface area contributed by atoms with Gasteiger partial charge in [0.15, 0.2) is 0 Å². The molecule has 2 fully saturated rings. The molecule has 5 nitrogen and oxygen atoms in total. The van der Waals surface area contributed by atoms with Crippen molar-refractivity contribution in [2.45, 2.75) is 83.1 Å². The molecule has 1 saturated carbocycles. The third-order valence-electron chi connectivity index (χ3n) is 4.21. The van der Waals surface area contributed by atoms with Crippen molar-refractivity contribution in [2.75, 3.05) is 6.61 Å². The van der Waals surface area contributed by atoms with Crippen LogP contribution in [0.2, 0.25) is 0 Å². The number of rotatable bonds is 5. The molecule has 5 heteroatoms. The maximum Gasteiger partial charge on any atom is 0.407 e. The van der Waals surface area contributed by atoms with Crippen LogP contribution in [0.15, 0.2) is 0 Å². The molecule has 0 bridgehead atoms. The van der Waals surface area contributed by atoms with E-state index in [9.17, 15) is 9.90 Å². The van der Waals surface area contributed by atoms with Crippen molar-refractivity contribution in [2.24, 2.45) is 5.92 Å². The van der Waals surface area contributed by atoms with Crippen molar-refractivity contribution < 1.29 is 19.4 Å². The Bertz CT molecular complexity index is 347. The maximum atomic E-state index is 12.0. The molecule has 2 rings (SSSR count). The van der Waals surface area contributed by atoms with Crippen molar-refractivity contribution in [1.29, 1.82) is 0 Å². The third-order valence-corrected chi connectivity index (χ3v) is 4.21. The minimum absolute atomic E-state index is 0.0157. The summed E-state index contributed by atoms with van der Waals surface area (Å²) in [6.45, 7) is 5.58. The predicted molar refractivity (Wildman–Crippen MR) is 80.1 cm³/mol. The lowest BCUT2D eigenvalue weighted by Gasteiger charge is -2.27. The summed E-state index contributed by atoms with van der Waals surface area (Å²) in [5, 5.41) is 12.1. The number of carbonyl (C=O) groups is 1. The molecule has 1 heterocycles. The predicted octanol–water partition coefficient (Wildman–Crippen LogP) is 2.61. The van der Waals surface area contributed by atoms with Crippen molar-refractivity contribution in [3.8, 4) is 0 Å². The Balaban J connectivity index is 1.88. The highest BCUT2D eigenvalue weighted by Gasteiger charge is 2.46. The SMILES string of the molecule is CC(C)(C)OC(=O)N[C@@H](CC1CCCCC1)[C@H]1O[C@@H]1CO. The summed E-state index contributed by atoms with van der Waals surface area (Å²) in [4.78, 5) is 12.0. The van der Waals surface area contributed by atoms with E-state index >= 15 is 0 Å². The lowest BCUT2D eigenvalue weighted by atomic mass is 9.84. The van der Waals surface area contributed by atoms with Crippen LogP contribution in [0.4, 0.5) is 4.79 Å². The lowest BCUT2D eigenvalue weighted by Crippen LogP contribution is -2.43. The standard InChI is InChI=1S/C16H29NO4/c1-16(2,3)21-15(19)17-12(14-13(10-18)20-14)9-11-7-5-4-6-8-11/h11-14,18H,4-10H2,1-3H3,(H,17,19)/t12-,13+,14+/m0/s1. The molecule has 1 saturated heterocycles. The first-order chi connectivity index (χ1) is 9.89. The fourth-order valence-electron chi connectivity index (χ4n) is 3.17. The number of hydrogen-bond donors (Lipinski definition) is 2. The first kappa shape index (κ1) is 16.6. The molecule has 3 atom stereocenters. The summed E-state index contributed by atoms with van der Waals surface area (Å²) in [5.74, 6) is 0.641. The highest BCUT2D eigenvalue weighted by atomic mass is 16.6. The van der Waals surface area contributed by atoms with E-state index in [2.05, 4.69) is 5.32 Å². The summed E-state index contributed by atoms with van der Waals surface area (Å²) in [6.07, 6.45) is 6.65. The molecule has 21 heavy (non-hydrogen) atoms. The molecule has 0 aromatic rings. The van der Waals surface area contributed by atoms with Crippen LogP contribution in [0, 0.1) is 5.92 Å². The zero-order valence-corrected chi connectivity index (χ0v) is 13.4. The third kappa shape index (κ3) is 5.47. The largest absolute Gasteiger partial charge is 0.444 e. The number of carbonyl (C=O) groups excluding carboxylic acids is 1. The number of aliphatic hydroxyl groups excluding tert-OH is 1. The number of aliphatic hydroxyl groups is 1. The van der Waals surface area contributed by atoms with Gasteiger partial charge in [-0.25, -0.2) is 4.79 Å². The van der Waals surface area contributed by atoms with Gasteiger partial charge in [-0.15, -0.1) is 0 Å². The molecule has 0 unspecified atom stereocenters. The van der Waals surface area contributed by atoms with Gasteiger partial charge < -0.3 is 19.9 Å². The molecule has 1 amide bonds. The Hall–Kier alpha value is -0.810. The molecule has 2 N–H and O–H groups in total. The van der Waals surface area contributed by atoms with E-state index in [1.807, 2.05) is 20.8 Å². The zero-order valence-electron chi connectivity index (χ0n) is 13.4. The van der Waals surface area contributed by atoms with E-state index in [1.54, 1.807) is 0 Å². The Kier molecular flexibility index (Phi) is 5.49. The number of alkyl carbamates (subject to hydrolysis) is 1. The van der Waals surface area contributed by atoms with Gasteiger partial charge in [-0.3, -0.25) is 0 Å². The number of nitrogens with one attached hydrogen (secondary N) is 1. The normalized spacial score (nSPS) is 28.0. The first-order valence-corrected chi connectivity index (χ1v) is 8.15. The average Bonchev–Trinajstić information content (AvgIpc) is 3.16. The fourth-order valence-corrected chi connectivity index (χ4v) is 3.17. The van der Waals surface area contributed by atoms with Gasteiger partial charge in [0, 0.05) is 0 Å². The van der Waals surface area contributed by atoms with Crippen molar-refractivity contribution >= 4 is 6.09 Å². The van der Waals surface area contributed by atoms with E-state index in [4.69, 9.17) is 9.47 Å². The van der Waals surface area contributed by atoms with E-state index < -0.39 is 11.7 Å². The molecule has 122 valence electrons. The van der Waals surface area contributed by atoms with Gasteiger partial charge in [0.2, 0.25) is 0 Å². The average molecular weight is 299 g/mol. The van der Waals surface area contributed by atoms with Gasteiger partial charge in [0.25, 0.3) is 0 Å². The summed E-state index contributed by atoms with van der Waals surface area (Å²) in [7, 11) is 0. The molecule has 0 aromatic heterocycles. The zero-order chi connectivity index (χ0) is 15.5. The Morgan fingerprint density at radius 2 is 2.00 bits per heavy atom. The van der Waals surface area contributed by atoms with Gasteiger partial charge in [-0.2, -0.15) is 0 Å². The van der Waals surface area contributed by atoms with Gasteiger partial charge in [0.05, 0.1) is 12.6 Å². The van der Waals surface area contributed by atoms with Crippen LogP contribution >= 0.6 is 0 Å². The smallest absolute Gasteiger partial charge is 0.407 e. The highest BCUT2D eigenvalue weighted by molar-refractivity contribution is 5.68. The fraction of sp³-hybridized carbons (Fsp3) is 0.938.